The van der Waals surface area contributed by atoms with Crippen LogP contribution in [0.5, 0.6) is 0 Å². The summed E-state index contributed by atoms with van der Waals surface area (Å²) >= 11 is 0. The molecule has 0 aromatic heterocycles. The third-order valence-corrected chi connectivity index (χ3v) is 3.91. The molecule has 0 N–H and O–H groups in total. The van der Waals surface area contributed by atoms with Gasteiger partial charge in [0.2, 0.25) is 11.8 Å². The normalized spacial score (nSPS) is 17.2. The van der Waals surface area contributed by atoms with Crippen molar-refractivity contribution in [2.45, 2.75) is 40.5 Å². The number of amides is 2. The summed E-state index contributed by atoms with van der Waals surface area (Å²) in [4.78, 5) is 27.5. The van der Waals surface area contributed by atoms with E-state index in [1.165, 1.54) is 0 Å². The highest BCUT2D eigenvalue weighted by Crippen LogP contribution is 2.24. The molecule has 0 bridgehead atoms. The van der Waals surface area contributed by atoms with Gasteiger partial charge in [-0.15, -0.1) is 0 Å². The summed E-state index contributed by atoms with van der Waals surface area (Å²) in [5.41, 5.74) is 1.03. The molecule has 1 rings (SSSR count). The average Bonchev–Trinajstić information content (AvgIpc) is 2.63. The first kappa shape index (κ1) is 17.2. The van der Waals surface area contributed by atoms with Gasteiger partial charge in [-0.2, -0.15) is 5.26 Å². The lowest BCUT2D eigenvalue weighted by Gasteiger charge is -2.23. The van der Waals surface area contributed by atoms with Crippen LogP contribution >= 0.6 is 0 Å². The Bertz CT molecular complexity index is 469. The van der Waals surface area contributed by atoms with Crippen molar-refractivity contribution >= 4 is 11.8 Å². The fourth-order valence-electron chi connectivity index (χ4n) is 2.06. The molecular weight excluding hydrogens is 266 g/mol. The van der Waals surface area contributed by atoms with E-state index in [1.807, 2.05) is 13.0 Å². The molecule has 1 aliphatic heterocycles. The maximum absolute atomic E-state index is 12.3. The molecule has 5 heteroatoms. The van der Waals surface area contributed by atoms with Gasteiger partial charge in [0.25, 0.3) is 0 Å². The number of nitriles is 1. The van der Waals surface area contributed by atoms with Gasteiger partial charge in [-0.05, 0) is 18.8 Å². The van der Waals surface area contributed by atoms with Crippen LogP contribution in [0.1, 0.15) is 40.5 Å². The van der Waals surface area contributed by atoms with Crippen LogP contribution in [0.25, 0.3) is 0 Å². The predicted molar refractivity (Wildman–Crippen MR) is 81.2 cm³/mol. The number of hydrogen-bond donors (Lipinski definition) is 0. The summed E-state index contributed by atoms with van der Waals surface area (Å²) in [6.07, 6.45) is 2.37. The minimum absolute atomic E-state index is 0.0111. The van der Waals surface area contributed by atoms with Gasteiger partial charge in [0, 0.05) is 32.3 Å². The molecule has 116 valence electrons. The third kappa shape index (κ3) is 5.22. The van der Waals surface area contributed by atoms with Crippen LogP contribution in [0, 0.1) is 16.7 Å². The number of carbonyl (C=O) groups is 2. The molecule has 1 saturated heterocycles. The van der Waals surface area contributed by atoms with E-state index in [1.54, 1.807) is 15.9 Å². The SMILES string of the molecule is C/C(=C\C(=O)N1CCCN(C(=O)CC#N)CC1)C(C)(C)C. The second-order valence-corrected chi connectivity index (χ2v) is 6.47. The second kappa shape index (κ2) is 7.26. The molecule has 1 fully saturated rings. The van der Waals surface area contributed by atoms with Crippen molar-refractivity contribution in [3.63, 3.8) is 0 Å². The van der Waals surface area contributed by atoms with E-state index in [2.05, 4.69) is 20.8 Å². The van der Waals surface area contributed by atoms with Crippen LogP contribution < -0.4 is 0 Å². The summed E-state index contributed by atoms with van der Waals surface area (Å²) in [6.45, 7) is 10.5. The van der Waals surface area contributed by atoms with E-state index in [-0.39, 0.29) is 23.7 Å². The highest BCUT2D eigenvalue weighted by Gasteiger charge is 2.22. The quantitative estimate of drug-likeness (QED) is 0.730. The Morgan fingerprint density at radius 2 is 1.71 bits per heavy atom. The van der Waals surface area contributed by atoms with Crippen molar-refractivity contribution in [2.75, 3.05) is 26.2 Å². The number of nitrogens with zero attached hydrogens (tertiary/aromatic N) is 3. The molecule has 0 unspecified atom stereocenters. The predicted octanol–water partition coefficient (Wildman–Crippen LogP) is 1.95. The molecule has 1 aliphatic rings. The van der Waals surface area contributed by atoms with E-state index >= 15 is 0 Å². The molecule has 21 heavy (non-hydrogen) atoms. The lowest BCUT2D eigenvalue weighted by atomic mass is 9.87. The second-order valence-electron chi connectivity index (χ2n) is 6.47. The van der Waals surface area contributed by atoms with Crippen LogP contribution in [-0.4, -0.2) is 47.8 Å². The first-order valence-electron chi connectivity index (χ1n) is 7.38. The van der Waals surface area contributed by atoms with Gasteiger partial charge in [-0.3, -0.25) is 9.59 Å². The van der Waals surface area contributed by atoms with E-state index in [0.29, 0.717) is 26.2 Å². The minimum Gasteiger partial charge on any atom is -0.340 e. The van der Waals surface area contributed by atoms with Gasteiger partial charge in [0.15, 0.2) is 0 Å². The summed E-state index contributed by atoms with van der Waals surface area (Å²) in [5, 5.41) is 8.58. The van der Waals surface area contributed by atoms with Gasteiger partial charge in [-0.25, -0.2) is 0 Å². The number of carbonyl (C=O) groups excluding carboxylic acids is 2. The van der Waals surface area contributed by atoms with Crippen LogP contribution in [0.15, 0.2) is 11.6 Å². The fraction of sp³-hybridized carbons (Fsp3) is 0.688. The molecule has 5 nitrogen and oxygen atoms in total. The fourth-order valence-corrected chi connectivity index (χ4v) is 2.06. The van der Waals surface area contributed by atoms with E-state index in [4.69, 9.17) is 5.26 Å². The van der Waals surface area contributed by atoms with Crippen molar-refractivity contribution in [3.05, 3.63) is 11.6 Å². The summed E-state index contributed by atoms with van der Waals surface area (Å²) in [5.74, 6) is -0.134. The van der Waals surface area contributed by atoms with Crippen LogP contribution in [0.3, 0.4) is 0 Å². The van der Waals surface area contributed by atoms with Gasteiger partial charge < -0.3 is 9.80 Å². The largest absolute Gasteiger partial charge is 0.340 e. The van der Waals surface area contributed by atoms with Crippen molar-refractivity contribution in [3.8, 4) is 6.07 Å². The van der Waals surface area contributed by atoms with Gasteiger partial charge >= 0.3 is 0 Å². The van der Waals surface area contributed by atoms with Gasteiger partial charge in [0.1, 0.15) is 6.42 Å². The Hall–Kier alpha value is -1.83. The lowest BCUT2D eigenvalue weighted by Crippen LogP contribution is -2.36. The highest BCUT2D eigenvalue weighted by molar-refractivity contribution is 5.88. The number of allylic oxidation sites excluding steroid dienone is 1. The molecule has 0 atom stereocenters. The Kier molecular flexibility index (Phi) is 5.95. The molecule has 0 spiro atoms. The number of rotatable bonds is 2. The summed E-state index contributed by atoms with van der Waals surface area (Å²) < 4.78 is 0. The monoisotopic (exact) mass is 291 g/mol. The molecule has 0 aliphatic carbocycles. The average molecular weight is 291 g/mol. The lowest BCUT2D eigenvalue weighted by molar-refractivity contribution is -0.131. The Morgan fingerprint density at radius 1 is 1.14 bits per heavy atom. The number of hydrogen-bond acceptors (Lipinski definition) is 3. The van der Waals surface area contributed by atoms with Crippen LogP contribution in [0.2, 0.25) is 0 Å². The highest BCUT2D eigenvalue weighted by atomic mass is 16.2. The topological polar surface area (TPSA) is 64.4 Å². The zero-order chi connectivity index (χ0) is 16.0. The molecule has 1 heterocycles. The van der Waals surface area contributed by atoms with Crippen LogP contribution in [0.4, 0.5) is 0 Å². The van der Waals surface area contributed by atoms with E-state index < -0.39 is 0 Å². The van der Waals surface area contributed by atoms with Crippen molar-refractivity contribution in [2.24, 2.45) is 5.41 Å². The molecule has 0 radical (unpaired) electrons. The van der Waals surface area contributed by atoms with E-state index in [0.717, 1.165) is 12.0 Å². The molecule has 0 saturated carbocycles. The molecule has 0 aromatic rings. The van der Waals surface area contributed by atoms with Gasteiger partial charge in [0.05, 0.1) is 6.07 Å². The maximum Gasteiger partial charge on any atom is 0.246 e. The smallest absolute Gasteiger partial charge is 0.246 e. The molecule has 0 aromatic carbocycles. The zero-order valence-corrected chi connectivity index (χ0v) is 13.5. The van der Waals surface area contributed by atoms with Crippen LogP contribution in [-0.2, 0) is 9.59 Å². The standard InChI is InChI=1S/C16H25N3O2/c1-13(16(2,3)4)12-15(21)19-9-5-8-18(10-11-19)14(20)6-7-17/h12H,5-6,8-11H2,1-4H3/b13-12+. The molecular formula is C16H25N3O2. The zero-order valence-electron chi connectivity index (χ0n) is 13.5. The molecule has 2 amide bonds. The van der Waals surface area contributed by atoms with E-state index in [9.17, 15) is 9.59 Å². The van der Waals surface area contributed by atoms with Crippen molar-refractivity contribution < 1.29 is 9.59 Å². The minimum atomic E-state index is -0.145. The summed E-state index contributed by atoms with van der Waals surface area (Å²) in [6, 6.07) is 1.88. The first-order chi connectivity index (χ1) is 9.75. The Labute approximate surface area is 127 Å². The van der Waals surface area contributed by atoms with Crippen molar-refractivity contribution in [1.82, 2.24) is 9.80 Å². The summed E-state index contributed by atoms with van der Waals surface area (Å²) in [7, 11) is 0. The van der Waals surface area contributed by atoms with Gasteiger partial charge in [-0.1, -0.05) is 26.3 Å². The van der Waals surface area contributed by atoms with Crippen molar-refractivity contribution in [1.29, 1.82) is 5.26 Å². The maximum atomic E-state index is 12.3. The third-order valence-electron chi connectivity index (χ3n) is 3.91. The Morgan fingerprint density at radius 3 is 2.29 bits per heavy atom. The Balaban J connectivity index is 2.65. The first-order valence-corrected chi connectivity index (χ1v) is 7.38.